The first-order valence-corrected chi connectivity index (χ1v) is 2.86. The molecule has 0 aromatic rings. The molecule has 0 fully saturated rings. The first-order chi connectivity index (χ1) is 4.72. The van der Waals surface area contributed by atoms with Gasteiger partial charge in [-0.25, -0.2) is 4.79 Å². The maximum atomic E-state index is 10.7. The van der Waals surface area contributed by atoms with Crippen LogP contribution in [-0.4, -0.2) is 38.4 Å². The highest BCUT2D eigenvalue weighted by molar-refractivity contribution is 5.85. The molecule has 0 atom stereocenters. The predicted octanol–water partition coefficient (Wildman–Crippen LogP) is -0.580. The fraction of sp³-hybridized carbons (Fsp3) is 0.600. The van der Waals surface area contributed by atoms with Gasteiger partial charge in [0.1, 0.15) is 6.34 Å². The van der Waals surface area contributed by atoms with Gasteiger partial charge >= 0.3 is 6.03 Å². The van der Waals surface area contributed by atoms with Gasteiger partial charge < -0.3 is 10.7 Å². The van der Waals surface area contributed by atoms with E-state index >= 15 is 0 Å². The van der Waals surface area contributed by atoms with Gasteiger partial charge in [0.2, 0.25) is 0 Å². The Bertz CT molecular complexity index is 134. The maximum Gasteiger partial charge on any atom is 0.322 e. The highest BCUT2D eigenvalue weighted by Gasteiger charge is 1.99. The summed E-state index contributed by atoms with van der Waals surface area (Å²) in [4.78, 5) is 12.0. The van der Waals surface area contributed by atoms with Gasteiger partial charge in [-0.05, 0) is 0 Å². The largest absolute Gasteiger partial charge is 0.341 e. The van der Waals surface area contributed by atoms with Gasteiger partial charge in [-0.2, -0.15) is 5.10 Å². The minimum absolute atomic E-state index is 0.195. The molecular formula is C5H12N4O. The van der Waals surface area contributed by atoms with Crippen molar-refractivity contribution in [1.29, 1.82) is 0 Å². The molecule has 5 nitrogen and oxygen atoms in total. The number of amides is 2. The van der Waals surface area contributed by atoms with Crippen LogP contribution >= 0.6 is 0 Å². The molecule has 0 bridgehead atoms. The van der Waals surface area contributed by atoms with Crippen molar-refractivity contribution in [2.75, 3.05) is 21.1 Å². The minimum Gasteiger partial charge on any atom is -0.341 e. The van der Waals surface area contributed by atoms with Crippen molar-refractivity contribution in [2.45, 2.75) is 0 Å². The Labute approximate surface area is 60.1 Å². The molecule has 0 spiro atoms. The summed E-state index contributed by atoms with van der Waals surface area (Å²) >= 11 is 0. The summed E-state index contributed by atoms with van der Waals surface area (Å²) in [7, 11) is 4.83. The molecule has 0 aromatic carbocycles. The summed E-state index contributed by atoms with van der Waals surface area (Å²) in [5.74, 6) is 0. The topological polar surface area (TPSA) is 56.7 Å². The Kier molecular flexibility index (Phi) is 4.02. The van der Waals surface area contributed by atoms with Crippen LogP contribution in [0, 0.1) is 0 Å². The third-order valence-corrected chi connectivity index (χ3v) is 0.894. The van der Waals surface area contributed by atoms with E-state index in [-0.39, 0.29) is 6.03 Å². The monoisotopic (exact) mass is 144 g/mol. The molecule has 58 valence electrons. The van der Waals surface area contributed by atoms with Crippen LogP contribution in [-0.2, 0) is 0 Å². The molecule has 2 amide bonds. The first kappa shape index (κ1) is 8.74. The van der Waals surface area contributed by atoms with Gasteiger partial charge in [0.15, 0.2) is 0 Å². The van der Waals surface area contributed by atoms with E-state index in [0.717, 1.165) is 0 Å². The van der Waals surface area contributed by atoms with Gasteiger partial charge in [0, 0.05) is 21.1 Å². The Hall–Kier alpha value is -1.26. The molecular weight excluding hydrogens is 132 g/mol. The number of carbonyl (C=O) groups is 1. The van der Waals surface area contributed by atoms with Crippen LogP contribution in [0.3, 0.4) is 0 Å². The molecule has 10 heavy (non-hydrogen) atoms. The average molecular weight is 144 g/mol. The summed E-state index contributed by atoms with van der Waals surface area (Å²) < 4.78 is 0. The third kappa shape index (κ3) is 2.91. The third-order valence-electron chi connectivity index (χ3n) is 0.894. The molecule has 5 heteroatoms. The molecule has 0 saturated carbocycles. The van der Waals surface area contributed by atoms with Gasteiger partial charge in [-0.1, -0.05) is 0 Å². The van der Waals surface area contributed by atoms with Crippen molar-refractivity contribution >= 4 is 12.4 Å². The smallest absolute Gasteiger partial charge is 0.322 e. The van der Waals surface area contributed by atoms with Crippen molar-refractivity contribution in [3.05, 3.63) is 0 Å². The first-order valence-electron chi connectivity index (χ1n) is 2.86. The van der Waals surface area contributed by atoms with Crippen molar-refractivity contribution in [3.63, 3.8) is 0 Å². The van der Waals surface area contributed by atoms with E-state index in [1.807, 2.05) is 0 Å². The van der Waals surface area contributed by atoms with Crippen molar-refractivity contribution in [2.24, 2.45) is 5.10 Å². The van der Waals surface area contributed by atoms with Gasteiger partial charge in [-0.3, -0.25) is 4.90 Å². The van der Waals surface area contributed by atoms with E-state index in [0.29, 0.717) is 0 Å². The molecule has 0 rings (SSSR count). The average Bonchev–Trinajstić information content (AvgIpc) is 1.98. The van der Waals surface area contributed by atoms with E-state index in [1.54, 1.807) is 21.1 Å². The number of urea groups is 1. The number of hydrogen-bond donors (Lipinski definition) is 2. The predicted molar refractivity (Wildman–Crippen MR) is 39.8 cm³/mol. The number of carbonyl (C=O) groups excluding carboxylic acids is 1. The number of nitrogens with one attached hydrogen (secondary N) is 2. The fourth-order valence-corrected chi connectivity index (χ4v) is 0.373. The van der Waals surface area contributed by atoms with Crippen molar-refractivity contribution in [1.82, 2.24) is 15.6 Å². The molecule has 2 N–H and O–H groups in total. The zero-order valence-electron chi connectivity index (χ0n) is 6.38. The van der Waals surface area contributed by atoms with Crippen LogP contribution in [0.2, 0.25) is 0 Å². The van der Waals surface area contributed by atoms with E-state index in [1.165, 1.54) is 11.2 Å². The van der Waals surface area contributed by atoms with Crippen LogP contribution in [0.15, 0.2) is 5.10 Å². The van der Waals surface area contributed by atoms with Crippen molar-refractivity contribution < 1.29 is 4.79 Å². The molecule has 0 saturated heterocycles. The quantitative estimate of drug-likeness (QED) is 0.309. The second-order valence-corrected chi connectivity index (χ2v) is 1.63. The van der Waals surface area contributed by atoms with Crippen molar-refractivity contribution in [3.8, 4) is 0 Å². The molecule has 0 aliphatic carbocycles. The van der Waals surface area contributed by atoms with Gasteiger partial charge in [0.25, 0.3) is 0 Å². The summed E-state index contributed by atoms with van der Waals surface area (Å²) in [5.41, 5.74) is 2.53. The van der Waals surface area contributed by atoms with Crippen LogP contribution in [0.25, 0.3) is 0 Å². The highest BCUT2D eigenvalue weighted by Crippen LogP contribution is 1.75. The van der Waals surface area contributed by atoms with Gasteiger partial charge in [0.05, 0.1) is 0 Å². The van der Waals surface area contributed by atoms with E-state index in [9.17, 15) is 4.79 Å². The Balaban J connectivity index is 3.72. The lowest BCUT2D eigenvalue weighted by molar-refractivity contribution is 0.229. The molecule has 0 radical (unpaired) electrons. The lowest BCUT2D eigenvalue weighted by Gasteiger charge is -2.08. The number of nitrogens with zero attached hydrogens (tertiary/aromatic N) is 2. The van der Waals surface area contributed by atoms with Crippen LogP contribution in [0.1, 0.15) is 0 Å². The lowest BCUT2D eigenvalue weighted by Crippen LogP contribution is -2.34. The minimum atomic E-state index is -0.195. The van der Waals surface area contributed by atoms with Crippen LogP contribution in [0.5, 0.6) is 0 Å². The molecule has 0 aliphatic heterocycles. The second kappa shape index (κ2) is 4.60. The fourth-order valence-electron chi connectivity index (χ4n) is 0.373. The molecule has 0 aromatic heterocycles. The molecule has 0 aliphatic rings. The highest BCUT2D eigenvalue weighted by atomic mass is 16.2. The Morgan fingerprint density at radius 2 is 2.20 bits per heavy atom. The van der Waals surface area contributed by atoms with E-state index in [4.69, 9.17) is 0 Å². The SMILES string of the molecule is CNN=CN(C)C(=O)NC. The lowest BCUT2D eigenvalue weighted by atomic mass is 10.8. The number of hydrazone groups is 1. The molecule has 0 heterocycles. The maximum absolute atomic E-state index is 10.7. The standard InChI is InChI=1S/C5H12N4O/c1-6-5(10)9(3)4-8-7-2/h4,7H,1-3H3,(H,6,10). The van der Waals surface area contributed by atoms with Crippen LogP contribution < -0.4 is 10.7 Å². The summed E-state index contributed by atoms with van der Waals surface area (Å²) in [6, 6.07) is -0.195. The summed E-state index contributed by atoms with van der Waals surface area (Å²) in [5, 5.41) is 6.07. The summed E-state index contributed by atoms with van der Waals surface area (Å²) in [6.45, 7) is 0. The normalized spacial score (nSPS) is 9.50. The number of hydrogen-bond acceptors (Lipinski definition) is 3. The summed E-state index contributed by atoms with van der Waals surface area (Å²) in [6.07, 6.45) is 1.39. The second-order valence-electron chi connectivity index (χ2n) is 1.63. The Morgan fingerprint density at radius 3 is 2.60 bits per heavy atom. The Morgan fingerprint density at radius 1 is 1.60 bits per heavy atom. The zero-order valence-corrected chi connectivity index (χ0v) is 6.38. The molecule has 0 unspecified atom stereocenters. The number of rotatable bonds is 2. The zero-order chi connectivity index (χ0) is 7.98. The van der Waals surface area contributed by atoms with Gasteiger partial charge in [-0.15, -0.1) is 0 Å². The van der Waals surface area contributed by atoms with E-state index < -0.39 is 0 Å². The van der Waals surface area contributed by atoms with E-state index in [2.05, 4.69) is 15.8 Å². The van der Waals surface area contributed by atoms with Crippen LogP contribution in [0.4, 0.5) is 4.79 Å².